The molecule has 0 aliphatic rings. The zero-order chi connectivity index (χ0) is 25.7. The molecule has 1 rings (SSSR count). The van der Waals surface area contributed by atoms with Gasteiger partial charge in [0.25, 0.3) is 0 Å². The topological polar surface area (TPSA) is 38.3 Å². The van der Waals surface area contributed by atoms with Crippen LogP contribution in [0.15, 0.2) is 64.7 Å². The lowest BCUT2D eigenvalue weighted by molar-refractivity contribution is -0.116. The van der Waals surface area contributed by atoms with Gasteiger partial charge in [-0.15, -0.1) is 12.6 Å². The molecule has 34 heavy (non-hydrogen) atoms. The highest BCUT2D eigenvalue weighted by atomic mass is 32.1. The van der Waals surface area contributed by atoms with E-state index in [1.807, 2.05) is 46.8 Å². The fourth-order valence-electron chi connectivity index (χ4n) is 4.28. The molecule has 4 heteroatoms. The summed E-state index contributed by atoms with van der Waals surface area (Å²) in [4.78, 5) is 14.8. The standard InChI is InChI=1S/C30H47NO2S/c1-9-14-24(10-2)28(25-15-12-11-13-16-25)20-29(32)27(17-18-31-22(3)4)26(19-23(5)34)21-33-30(6,7)8/h11-13,15-16,19,24,28,31,34H,3,9-10,14,17-18,20-21H2,1-2,4-8H3/b23-19+,27-26+. The first-order valence-corrected chi connectivity index (χ1v) is 13.1. The Morgan fingerprint density at radius 3 is 2.32 bits per heavy atom. The van der Waals surface area contributed by atoms with Crippen LogP contribution < -0.4 is 5.32 Å². The molecule has 0 spiro atoms. The summed E-state index contributed by atoms with van der Waals surface area (Å²) in [7, 11) is 0. The van der Waals surface area contributed by atoms with Crippen LogP contribution in [0.2, 0.25) is 0 Å². The normalized spacial score (nSPS) is 14.9. The molecule has 1 aromatic carbocycles. The number of nitrogens with one attached hydrogen (secondary N) is 1. The second kappa shape index (κ2) is 15.3. The smallest absolute Gasteiger partial charge is 0.159 e. The van der Waals surface area contributed by atoms with Crippen molar-refractivity contribution in [2.45, 2.75) is 92.1 Å². The van der Waals surface area contributed by atoms with Crippen molar-refractivity contribution in [1.29, 1.82) is 0 Å². The number of Topliss-reactive ketones (excluding diaryl/α,β-unsaturated/α-hetero) is 1. The van der Waals surface area contributed by atoms with E-state index in [9.17, 15) is 4.79 Å². The zero-order valence-electron chi connectivity index (χ0n) is 22.5. The van der Waals surface area contributed by atoms with E-state index >= 15 is 0 Å². The molecule has 2 unspecified atom stereocenters. The molecule has 1 aromatic rings. The number of hydrogen-bond donors (Lipinski definition) is 2. The summed E-state index contributed by atoms with van der Waals surface area (Å²) in [6.07, 6.45) is 6.42. The van der Waals surface area contributed by atoms with E-state index < -0.39 is 0 Å². The number of thiol groups is 1. The minimum atomic E-state index is -0.297. The summed E-state index contributed by atoms with van der Waals surface area (Å²) in [6, 6.07) is 10.5. The van der Waals surface area contributed by atoms with Gasteiger partial charge < -0.3 is 10.1 Å². The minimum absolute atomic E-state index is 0.199. The molecule has 0 aromatic heterocycles. The van der Waals surface area contributed by atoms with E-state index in [-0.39, 0.29) is 17.3 Å². The SMILES string of the molecule is C=C(C)NCC/C(C(=O)CC(c1ccccc1)C(CC)CCC)=C(/C=C(\C)S)COC(C)(C)C. The van der Waals surface area contributed by atoms with Crippen LogP contribution in [-0.4, -0.2) is 24.5 Å². The number of hydrogen-bond acceptors (Lipinski definition) is 4. The Balaban J connectivity index is 3.42. The van der Waals surface area contributed by atoms with Crippen molar-refractivity contribution in [3.63, 3.8) is 0 Å². The van der Waals surface area contributed by atoms with Gasteiger partial charge in [-0.3, -0.25) is 4.79 Å². The van der Waals surface area contributed by atoms with Crippen LogP contribution in [0.5, 0.6) is 0 Å². The van der Waals surface area contributed by atoms with Crippen LogP contribution in [0.4, 0.5) is 0 Å². The Kier molecular flexibility index (Phi) is 13.6. The molecule has 190 valence electrons. The Labute approximate surface area is 214 Å². The third kappa shape index (κ3) is 11.6. The molecule has 1 N–H and O–H groups in total. The highest BCUT2D eigenvalue weighted by Crippen LogP contribution is 2.35. The minimum Gasteiger partial charge on any atom is -0.389 e. The number of carbonyl (C=O) groups excluding carboxylic acids is 1. The molecular formula is C30H47NO2S. The lowest BCUT2D eigenvalue weighted by atomic mass is 9.77. The van der Waals surface area contributed by atoms with Crippen LogP contribution in [0, 0.1) is 5.92 Å². The largest absolute Gasteiger partial charge is 0.389 e. The van der Waals surface area contributed by atoms with Crippen molar-refractivity contribution in [3.8, 4) is 0 Å². The molecule has 0 amide bonds. The van der Waals surface area contributed by atoms with Crippen LogP contribution in [0.1, 0.15) is 92.1 Å². The van der Waals surface area contributed by atoms with E-state index in [0.29, 0.717) is 31.9 Å². The Hall–Kier alpha value is -1.78. The van der Waals surface area contributed by atoms with E-state index in [0.717, 1.165) is 41.0 Å². The van der Waals surface area contributed by atoms with Crippen molar-refractivity contribution >= 4 is 18.4 Å². The molecule has 0 heterocycles. The Morgan fingerprint density at radius 2 is 1.82 bits per heavy atom. The number of ether oxygens (including phenoxy) is 1. The molecule has 0 aliphatic heterocycles. The van der Waals surface area contributed by atoms with Gasteiger partial charge in [0, 0.05) is 24.2 Å². The van der Waals surface area contributed by atoms with Crippen LogP contribution in [0.3, 0.4) is 0 Å². The quantitative estimate of drug-likeness (QED) is 0.150. The molecule has 2 atom stereocenters. The summed E-state index contributed by atoms with van der Waals surface area (Å²) in [6.45, 7) is 19.4. The predicted octanol–water partition coefficient (Wildman–Crippen LogP) is 8.01. The third-order valence-corrected chi connectivity index (χ3v) is 6.08. The molecule has 0 fully saturated rings. The van der Waals surface area contributed by atoms with Crippen molar-refractivity contribution in [1.82, 2.24) is 5.32 Å². The highest BCUT2D eigenvalue weighted by molar-refractivity contribution is 7.84. The maximum Gasteiger partial charge on any atom is 0.159 e. The van der Waals surface area contributed by atoms with Gasteiger partial charge in [0.15, 0.2) is 5.78 Å². The number of ketones is 1. The van der Waals surface area contributed by atoms with E-state index in [4.69, 9.17) is 4.74 Å². The van der Waals surface area contributed by atoms with Gasteiger partial charge in [-0.25, -0.2) is 0 Å². The number of allylic oxidation sites excluding steroid dienone is 2. The number of carbonyl (C=O) groups is 1. The first-order valence-electron chi connectivity index (χ1n) is 12.7. The van der Waals surface area contributed by atoms with Gasteiger partial charge in [-0.05, 0) is 75.0 Å². The Morgan fingerprint density at radius 1 is 1.18 bits per heavy atom. The summed E-state index contributed by atoms with van der Waals surface area (Å²) in [5.41, 5.74) is 3.61. The van der Waals surface area contributed by atoms with Gasteiger partial charge in [-0.2, -0.15) is 0 Å². The van der Waals surface area contributed by atoms with Gasteiger partial charge in [0.1, 0.15) is 0 Å². The summed E-state index contributed by atoms with van der Waals surface area (Å²) >= 11 is 4.52. The van der Waals surface area contributed by atoms with Crippen molar-refractivity contribution in [3.05, 3.63) is 70.3 Å². The third-order valence-electron chi connectivity index (χ3n) is 5.96. The van der Waals surface area contributed by atoms with E-state index in [1.165, 1.54) is 5.56 Å². The average molecular weight is 486 g/mol. The predicted molar refractivity (Wildman–Crippen MR) is 150 cm³/mol. The average Bonchev–Trinajstić information content (AvgIpc) is 2.76. The monoisotopic (exact) mass is 485 g/mol. The fourth-order valence-corrected chi connectivity index (χ4v) is 4.44. The second-order valence-electron chi connectivity index (χ2n) is 10.2. The molecule has 0 aliphatic carbocycles. The van der Waals surface area contributed by atoms with Crippen LogP contribution >= 0.6 is 12.6 Å². The van der Waals surface area contributed by atoms with Crippen molar-refractivity contribution < 1.29 is 9.53 Å². The Bertz CT molecular complexity index is 829. The van der Waals surface area contributed by atoms with Crippen molar-refractivity contribution in [2.75, 3.05) is 13.2 Å². The van der Waals surface area contributed by atoms with E-state index in [1.54, 1.807) is 0 Å². The number of rotatable bonds is 15. The second-order valence-corrected chi connectivity index (χ2v) is 11.0. The van der Waals surface area contributed by atoms with E-state index in [2.05, 4.69) is 62.6 Å². The number of benzene rings is 1. The van der Waals surface area contributed by atoms with Gasteiger partial charge in [0.05, 0.1) is 12.2 Å². The van der Waals surface area contributed by atoms with Crippen LogP contribution in [-0.2, 0) is 9.53 Å². The highest BCUT2D eigenvalue weighted by Gasteiger charge is 2.26. The molecule has 0 saturated carbocycles. The summed E-state index contributed by atoms with van der Waals surface area (Å²) in [5.74, 6) is 0.876. The van der Waals surface area contributed by atoms with Gasteiger partial charge in [-0.1, -0.05) is 70.0 Å². The molecule has 0 saturated heterocycles. The maximum absolute atomic E-state index is 14.0. The first-order chi connectivity index (χ1) is 16.0. The molecule has 0 bridgehead atoms. The molecular weight excluding hydrogens is 438 g/mol. The lowest BCUT2D eigenvalue weighted by Gasteiger charge is -2.27. The maximum atomic E-state index is 14.0. The van der Waals surface area contributed by atoms with Crippen LogP contribution in [0.25, 0.3) is 0 Å². The van der Waals surface area contributed by atoms with Gasteiger partial charge >= 0.3 is 0 Å². The fraction of sp³-hybridized carbons (Fsp3) is 0.567. The van der Waals surface area contributed by atoms with Gasteiger partial charge in [0.2, 0.25) is 0 Å². The lowest BCUT2D eigenvalue weighted by Crippen LogP contribution is -2.24. The summed E-state index contributed by atoms with van der Waals surface area (Å²) in [5, 5.41) is 3.29. The first kappa shape index (κ1) is 30.3. The molecule has 3 nitrogen and oxygen atoms in total. The molecule has 0 radical (unpaired) electrons. The summed E-state index contributed by atoms with van der Waals surface area (Å²) < 4.78 is 6.12. The zero-order valence-corrected chi connectivity index (χ0v) is 23.4. The van der Waals surface area contributed by atoms with Crippen molar-refractivity contribution in [2.24, 2.45) is 5.92 Å².